The molecule has 0 saturated carbocycles. The first-order valence-electron chi connectivity index (χ1n) is 6.05. The lowest BCUT2D eigenvalue weighted by atomic mass is 10.2. The van der Waals surface area contributed by atoms with Crippen LogP contribution in [0.3, 0.4) is 0 Å². The Balaban J connectivity index is 2.28. The van der Waals surface area contributed by atoms with Crippen LogP contribution in [-0.2, 0) is 10.0 Å². The number of benzene rings is 1. The summed E-state index contributed by atoms with van der Waals surface area (Å²) >= 11 is 4.79. The molecule has 0 aliphatic carbocycles. The van der Waals surface area contributed by atoms with Crippen molar-refractivity contribution in [3.8, 4) is 0 Å². The first-order chi connectivity index (χ1) is 9.44. The molecule has 1 aromatic carbocycles. The molecule has 20 heavy (non-hydrogen) atoms. The summed E-state index contributed by atoms with van der Waals surface area (Å²) in [6.07, 6.45) is 0.690. The van der Waals surface area contributed by atoms with E-state index in [1.807, 2.05) is 24.4 Å². The van der Waals surface area contributed by atoms with Gasteiger partial charge < -0.3 is 5.73 Å². The van der Waals surface area contributed by atoms with Crippen LogP contribution in [-0.4, -0.2) is 8.42 Å². The minimum atomic E-state index is -3.57. The molecule has 4 nitrogen and oxygen atoms in total. The zero-order valence-electron chi connectivity index (χ0n) is 10.8. The van der Waals surface area contributed by atoms with Crippen LogP contribution < -0.4 is 10.5 Å². The molecule has 1 atom stereocenters. The topological polar surface area (TPSA) is 72.2 Å². The van der Waals surface area contributed by atoms with Crippen molar-refractivity contribution in [3.63, 3.8) is 0 Å². The van der Waals surface area contributed by atoms with E-state index in [-0.39, 0.29) is 10.9 Å². The Kier molecular flexibility index (Phi) is 4.85. The molecule has 2 aromatic rings. The Morgan fingerprint density at radius 2 is 2.15 bits per heavy atom. The van der Waals surface area contributed by atoms with Gasteiger partial charge in [0.25, 0.3) is 0 Å². The quantitative estimate of drug-likeness (QED) is 0.786. The van der Waals surface area contributed by atoms with Gasteiger partial charge in [-0.2, -0.15) is 0 Å². The molecule has 1 unspecified atom stereocenters. The van der Waals surface area contributed by atoms with Crippen LogP contribution in [0.1, 0.15) is 24.3 Å². The van der Waals surface area contributed by atoms with E-state index in [2.05, 4.69) is 20.7 Å². The fourth-order valence-corrected chi connectivity index (χ4v) is 4.55. The maximum atomic E-state index is 12.4. The molecule has 0 aliphatic heterocycles. The van der Waals surface area contributed by atoms with Crippen LogP contribution >= 0.6 is 27.3 Å². The van der Waals surface area contributed by atoms with E-state index in [0.717, 1.165) is 4.88 Å². The van der Waals surface area contributed by atoms with Crippen molar-refractivity contribution in [2.45, 2.75) is 24.3 Å². The number of anilines is 1. The molecule has 1 aromatic heterocycles. The van der Waals surface area contributed by atoms with Crippen molar-refractivity contribution >= 4 is 43.0 Å². The van der Waals surface area contributed by atoms with E-state index in [9.17, 15) is 8.42 Å². The lowest BCUT2D eigenvalue weighted by Crippen LogP contribution is -2.27. The van der Waals surface area contributed by atoms with Gasteiger partial charge in [-0.15, -0.1) is 11.3 Å². The fraction of sp³-hybridized carbons (Fsp3) is 0.231. The lowest BCUT2D eigenvalue weighted by Gasteiger charge is -2.16. The molecule has 7 heteroatoms. The largest absolute Gasteiger partial charge is 0.398 e. The van der Waals surface area contributed by atoms with Crippen LogP contribution in [0.4, 0.5) is 5.69 Å². The standard InChI is InChI=1S/C13H15BrN2O2S2/c1-2-12(13-4-3-7-19-13)16-20(17,18)9-5-6-11(15)10(14)8-9/h3-8,12,16H,2,15H2,1H3. The SMILES string of the molecule is CCC(NS(=O)(=O)c1ccc(N)c(Br)c1)c1cccs1. The third kappa shape index (κ3) is 3.41. The Hall–Kier alpha value is -0.890. The molecule has 0 aliphatic rings. The average molecular weight is 375 g/mol. The summed E-state index contributed by atoms with van der Waals surface area (Å²) in [6.45, 7) is 1.95. The highest BCUT2D eigenvalue weighted by Crippen LogP contribution is 2.26. The summed E-state index contributed by atoms with van der Waals surface area (Å²) in [5.74, 6) is 0. The van der Waals surface area contributed by atoms with E-state index < -0.39 is 10.0 Å². The number of hydrogen-bond donors (Lipinski definition) is 2. The highest BCUT2D eigenvalue weighted by atomic mass is 79.9. The van der Waals surface area contributed by atoms with Crippen LogP contribution in [0.15, 0.2) is 45.1 Å². The predicted molar refractivity (Wildman–Crippen MR) is 86.2 cm³/mol. The van der Waals surface area contributed by atoms with E-state index in [0.29, 0.717) is 16.6 Å². The van der Waals surface area contributed by atoms with Crippen LogP contribution in [0.5, 0.6) is 0 Å². The molecule has 0 spiro atoms. The number of thiophene rings is 1. The predicted octanol–water partition coefficient (Wildman–Crippen LogP) is 3.52. The fourth-order valence-electron chi connectivity index (χ4n) is 1.76. The number of hydrogen-bond acceptors (Lipinski definition) is 4. The Morgan fingerprint density at radius 3 is 2.70 bits per heavy atom. The van der Waals surface area contributed by atoms with E-state index in [1.165, 1.54) is 12.1 Å². The van der Waals surface area contributed by atoms with Crippen LogP contribution in [0.25, 0.3) is 0 Å². The smallest absolute Gasteiger partial charge is 0.241 e. The van der Waals surface area contributed by atoms with Crippen molar-refractivity contribution in [2.24, 2.45) is 0 Å². The summed E-state index contributed by atoms with van der Waals surface area (Å²) in [4.78, 5) is 1.21. The maximum Gasteiger partial charge on any atom is 0.241 e. The van der Waals surface area contributed by atoms with E-state index in [1.54, 1.807) is 17.4 Å². The zero-order chi connectivity index (χ0) is 14.8. The van der Waals surface area contributed by atoms with Gasteiger partial charge in [-0.3, -0.25) is 0 Å². The molecule has 0 bridgehead atoms. The van der Waals surface area contributed by atoms with Crippen molar-refractivity contribution in [3.05, 3.63) is 45.1 Å². The Labute approximate surface area is 131 Å². The van der Waals surface area contributed by atoms with E-state index in [4.69, 9.17) is 5.73 Å². The second-order valence-electron chi connectivity index (χ2n) is 4.28. The first kappa shape index (κ1) is 15.5. The molecular formula is C13H15BrN2O2S2. The third-order valence-corrected chi connectivity index (χ3v) is 6.02. The molecule has 108 valence electrons. The van der Waals surface area contributed by atoms with Gasteiger partial charge in [-0.1, -0.05) is 13.0 Å². The van der Waals surface area contributed by atoms with Gasteiger partial charge >= 0.3 is 0 Å². The van der Waals surface area contributed by atoms with Gasteiger partial charge in [-0.05, 0) is 52.0 Å². The molecule has 2 rings (SSSR count). The van der Waals surface area contributed by atoms with Gasteiger partial charge in [-0.25, -0.2) is 13.1 Å². The maximum absolute atomic E-state index is 12.4. The first-order valence-corrected chi connectivity index (χ1v) is 9.20. The molecular weight excluding hydrogens is 360 g/mol. The second-order valence-corrected chi connectivity index (χ2v) is 7.83. The van der Waals surface area contributed by atoms with Crippen LogP contribution in [0, 0.1) is 0 Å². The van der Waals surface area contributed by atoms with Gasteiger partial charge in [0, 0.05) is 15.0 Å². The van der Waals surface area contributed by atoms with Gasteiger partial charge in [0.15, 0.2) is 0 Å². The summed E-state index contributed by atoms with van der Waals surface area (Å²) in [7, 11) is -3.57. The summed E-state index contributed by atoms with van der Waals surface area (Å²) in [5, 5.41) is 1.94. The van der Waals surface area contributed by atoms with Crippen LogP contribution in [0.2, 0.25) is 0 Å². The molecule has 3 N–H and O–H groups in total. The summed E-state index contributed by atoms with van der Waals surface area (Å²) in [5.41, 5.74) is 6.18. The average Bonchev–Trinajstić information content (AvgIpc) is 2.93. The summed E-state index contributed by atoms with van der Waals surface area (Å²) < 4.78 is 28.1. The van der Waals surface area contributed by atoms with Gasteiger partial charge in [0.2, 0.25) is 10.0 Å². The lowest BCUT2D eigenvalue weighted by molar-refractivity contribution is 0.553. The number of nitrogens with one attached hydrogen (secondary N) is 1. The van der Waals surface area contributed by atoms with Crippen molar-refractivity contribution in [1.29, 1.82) is 0 Å². The Bertz CT molecular complexity index is 684. The van der Waals surface area contributed by atoms with E-state index >= 15 is 0 Å². The number of nitrogen functional groups attached to an aromatic ring is 1. The molecule has 0 radical (unpaired) electrons. The summed E-state index contributed by atoms with van der Waals surface area (Å²) in [6, 6.07) is 8.22. The minimum absolute atomic E-state index is 0.202. The van der Waals surface area contributed by atoms with Gasteiger partial charge in [0.05, 0.1) is 10.9 Å². The highest BCUT2D eigenvalue weighted by molar-refractivity contribution is 9.10. The third-order valence-electron chi connectivity index (χ3n) is 2.87. The molecule has 0 saturated heterocycles. The van der Waals surface area contributed by atoms with Crippen molar-refractivity contribution in [1.82, 2.24) is 4.72 Å². The second kappa shape index (κ2) is 6.26. The molecule has 1 heterocycles. The number of rotatable bonds is 5. The number of halogens is 1. The molecule has 0 fully saturated rings. The van der Waals surface area contributed by atoms with Gasteiger partial charge in [0.1, 0.15) is 0 Å². The monoisotopic (exact) mass is 374 g/mol. The number of nitrogens with two attached hydrogens (primary N) is 1. The van der Waals surface area contributed by atoms with Crippen molar-refractivity contribution in [2.75, 3.05) is 5.73 Å². The number of sulfonamides is 1. The van der Waals surface area contributed by atoms with Crippen molar-refractivity contribution < 1.29 is 8.42 Å². The molecule has 0 amide bonds. The normalized spacial score (nSPS) is 13.3. The highest BCUT2D eigenvalue weighted by Gasteiger charge is 2.21. The Morgan fingerprint density at radius 1 is 1.40 bits per heavy atom. The minimum Gasteiger partial charge on any atom is -0.398 e. The zero-order valence-corrected chi connectivity index (χ0v) is 14.1.